The van der Waals surface area contributed by atoms with Crippen LogP contribution in [0.15, 0.2) is 41.1 Å². The first-order valence-corrected chi connectivity index (χ1v) is 8.35. The molecule has 0 aliphatic heterocycles. The van der Waals surface area contributed by atoms with Gasteiger partial charge in [0.1, 0.15) is 10.7 Å². The van der Waals surface area contributed by atoms with Crippen LogP contribution < -0.4 is 5.32 Å². The Morgan fingerprint density at radius 2 is 2.10 bits per heavy atom. The number of carbonyl (C=O) groups excluding carboxylic acids is 1. The van der Waals surface area contributed by atoms with Crippen LogP contribution >= 0.6 is 34.3 Å². The molecule has 2 heterocycles. The largest absolute Gasteiger partial charge is 0.320 e. The third-order valence-electron chi connectivity index (χ3n) is 2.98. The third-order valence-corrected chi connectivity index (χ3v) is 5.28. The van der Waals surface area contributed by atoms with E-state index in [0.29, 0.717) is 16.4 Å². The summed E-state index contributed by atoms with van der Waals surface area (Å²) < 4.78 is 0. The summed E-state index contributed by atoms with van der Waals surface area (Å²) in [6.45, 7) is 1.87. The highest BCUT2D eigenvalue weighted by molar-refractivity contribution is 7.20. The summed E-state index contributed by atoms with van der Waals surface area (Å²) in [6, 6.07) is 9.39. The molecular weight excluding hydrogens is 324 g/mol. The van der Waals surface area contributed by atoms with Crippen molar-refractivity contribution in [1.82, 2.24) is 4.98 Å². The minimum atomic E-state index is -0.223. The maximum Gasteiger partial charge on any atom is 0.275 e. The van der Waals surface area contributed by atoms with Gasteiger partial charge < -0.3 is 5.32 Å². The Balaban J connectivity index is 1.81. The van der Waals surface area contributed by atoms with E-state index in [1.165, 1.54) is 11.3 Å². The predicted octanol–water partition coefficient (Wildman–Crippen LogP) is 5.09. The highest BCUT2D eigenvalue weighted by Gasteiger charge is 2.14. The van der Waals surface area contributed by atoms with Crippen molar-refractivity contribution < 1.29 is 4.79 Å². The zero-order chi connectivity index (χ0) is 14.8. The summed E-state index contributed by atoms with van der Waals surface area (Å²) in [5.41, 5.74) is 1.97. The van der Waals surface area contributed by atoms with Crippen LogP contribution in [0.1, 0.15) is 16.1 Å². The molecule has 0 radical (unpaired) electrons. The molecule has 106 valence electrons. The minimum absolute atomic E-state index is 0.223. The number of halogens is 1. The van der Waals surface area contributed by atoms with Gasteiger partial charge >= 0.3 is 0 Å². The normalized spacial score (nSPS) is 10.6. The Kier molecular flexibility index (Phi) is 4.05. The van der Waals surface area contributed by atoms with Crippen molar-refractivity contribution in [2.24, 2.45) is 0 Å². The lowest BCUT2D eigenvalue weighted by Crippen LogP contribution is -2.13. The summed E-state index contributed by atoms with van der Waals surface area (Å²) in [5.74, 6) is -0.223. The average Bonchev–Trinajstić information content (AvgIpc) is 3.13. The SMILES string of the molecule is Cc1c(Cl)cccc1NC(=O)c1csc(-c2cccs2)n1. The number of amides is 1. The topological polar surface area (TPSA) is 42.0 Å². The van der Waals surface area contributed by atoms with E-state index in [1.807, 2.05) is 36.6 Å². The first-order chi connectivity index (χ1) is 10.1. The lowest BCUT2D eigenvalue weighted by molar-refractivity contribution is 0.102. The van der Waals surface area contributed by atoms with Crippen LogP contribution in [-0.2, 0) is 0 Å². The van der Waals surface area contributed by atoms with E-state index < -0.39 is 0 Å². The fourth-order valence-electron chi connectivity index (χ4n) is 1.82. The second-order valence-electron chi connectivity index (χ2n) is 4.38. The van der Waals surface area contributed by atoms with Crippen molar-refractivity contribution >= 4 is 45.9 Å². The van der Waals surface area contributed by atoms with Gasteiger partial charge in [0.15, 0.2) is 0 Å². The number of hydrogen-bond donors (Lipinski definition) is 1. The Labute approximate surface area is 135 Å². The molecule has 0 saturated heterocycles. The molecule has 1 aromatic carbocycles. The van der Waals surface area contributed by atoms with Crippen LogP contribution in [0.25, 0.3) is 9.88 Å². The number of thiophene rings is 1. The first kappa shape index (κ1) is 14.3. The van der Waals surface area contributed by atoms with Crippen molar-refractivity contribution in [3.63, 3.8) is 0 Å². The van der Waals surface area contributed by atoms with E-state index in [0.717, 1.165) is 15.4 Å². The summed E-state index contributed by atoms with van der Waals surface area (Å²) in [4.78, 5) is 17.7. The first-order valence-electron chi connectivity index (χ1n) is 6.21. The number of benzene rings is 1. The molecule has 0 atom stereocenters. The number of anilines is 1. The van der Waals surface area contributed by atoms with E-state index in [-0.39, 0.29) is 5.91 Å². The molecule has 2 aromatic heterocycles. The molecule has 0 unspecified atom stereocenters. The highest BCUT2D eigenvalue weighted by Crippen LogP contribution is 2.28. The van der Waals surface area contributed by atoms with Crippen molar-refractivity contribution in [2.45, 2.75) is 6.92 Å². The van der Waals surface area contributed by atoms with E-state index >= 15 is 0 Å². The summed E-state index contributed by atoms with van der Waals surface area (Å²) >= 11 is 9.13. The summed E-state index contributed by atoms with van der Waals surface area (Å²) in [7, 11) is 0. The Morgan fingerprint density at radius 1 is 1.24 bits per heavy atom. The van der Waals surface area contributed by atoms with Gasteiger partial charge in [0.25, 0.3) is 5.91 Å². The summed E-state index contributed by atoms with van der Waals surface area (Å²) in [5, 5.41) is 8.10. The number of rotatable bonds is 3. The molecule has 3 rings (SSSR count). The number of nitrogens with zero attached hydrogens (tertiary/aromatic N) is 1. The van der Waals surface area contributed by atoms with Gasteiger partial charge in [0.2, 0.25) is 0 Å². The van der Waals surface area contributed by atoms with Crippen LogP contribution in [-0.4, -0.2) is 10.9 Å². The molecule has 0 saturated carbocycles. The van der Waals surface area contributed by atoms with Gasteiger partial charge in [-0.2, -0.15) is 0 Å². The lowest BCUT2D eigenvalue weighted by atomic mass is 10.2. The molecule has 0 bridgehead atoms. The van der Waals surface area contributed by atoms with Crippen LogP contribution in [0.3, 0.4) is 0 Å². The summed E-state index contributed by atoms with van der Waals surface area (Å²) in [6.07, 6.45) is 0. The van der Waals surface area contributed by atoms with Crippen molar-refractivity contribution in [3.05, 3.63) is 57.4 Å². The average molecular weight is 335 g/mol. The van der Waals surface area contributed by atoms with Gasteiger partial charge in [-0.15, -0.1) is 22.7 Å². The smallest absolute Gasteiger partial charge is 0.275 e. The molecule has 3 nitrogen and oxygen atoms in total. The van der Waals surface area contributed by atoms with Gasteiger partial charge in [-0.3, -0.25) is 4.79 Å². The van der Waals surface area contributed by atoms with Crippen LogP contribution in [0.2, 0.25) is 5.02 Å². The second-order valence-corrected chi connectivity index (χ2v) is 6.59. The van der Waals surface area contributed by atoms with Gasteiger partial charge in [-0.25, -0.2) is 4.98 Å². The fourth-order valence-corrected chi connectivity index (χ4v) is 3.61. The van der Waals surface area contributed by atoms with Crippen LogP contribution in [0, 0.1) is 6.92 Å². The number of hydrogen-bond acceptors (Lipinski definition) is 4. The van der Waals surface area contributed by atoms with Crippen molar-refractivity contribution in [3.8, 4) is 9.88 Å². The Bertz CT molecular complexity index is 781. The van der Waals surface area contributed by atoms with E-state index in [1.54, 1.807) is 22.8 Å². The van der Waals surface area contributed by atoms with Crippen LogP contribution in [0.5, 0.6) is 0 Å². The minimum Gasteiger partial charge on any atom is -0.320 e. The van der Waals surface area contributed by atoms with E-state index in [2.05, 4.69) is 10.3 Å². The molecule has 3 aromatic rings. The number of aromatic nitrogens is 1. The van der Waals surface area contributed by atoms with Crippen molar-refractivity contribution in [1.29, 1.82) is 0 Å². The second kappa shape index (κ2) is 5.97. The maximum atomic E-state index is 12.3. The zero-order valence-corrected chi connectivity index (χ0v) is 13.5. The molecule has 0 spiro atoms. The molecule has 0 aliphatic carbocycles. The van der Waals surface area contributed by atoms with Gasteiger partial charge in [-0.05, 0) is 36.1 Å². The fraction of sp³-hybridized carbons (Fsp3) is 0.0667. The monoisotopic (exact) mass is 334 g/mol. The molecule has 0 fully saturated rings. The van der Waals surface area contributed by atoms with Gasteiger partial charge in [0.05, 0.1) is 4.88 Å². The maximum absolute atomic E-state index is 12.3. The predicted molar refractivity (Wildman–Crippen MR) is 89.6 cm³/mol. The molecule has 21 heavy (non-hydrogen) atoms. The Hall–Kier alpha value is -1.69. The van der Waals surface area contributed by atoms with Crippen LogP contribution in [0.4, 0.5) is 5.69 Å². The Morgan fingerprint density at radius 3 is 2.86 bits per heavy atom. The van der Waals surface area contributed by atoms with E-state index in [4.69, 9.17) is 11.6 Å². The van der Waals surface area contributed by atoms with Crippen molar-refractivity contribution in [2.75, 3.05) is 5.32 Å². The molecule has 0 aliphatic rings. The van der Waals surface area contributed by atoms with Gasteiger partial charge in [-0.1, -0.05) is 23.7 Å². The molecule has 1 amide bonds. The quantitative estimate of drug-likeness (QED) is 0.725. The lowest BCUT2D eigenvalue weighted by Gasteiger charge is -2.07. The highest BCUT2D eigenvalue weighted by atomic mass is 35.5. The zero-order valence-electron chi connectivity index (χ0n) is 11.1. The van der Waals surface area contributed by atoms with E-state index in [9.17, 15) is 4.79 Å². The molecule has 6 heteroatoms. The number of thiazole rings is 1. The third kappa shape index (κ3) is 3.00. The number of carbonyl (C=O) groups is 1. The standard InChI is InChI=1S/C15H11ClN2OS2/c1-9-10(16)4-2-5-11(9)17-14(19)12-8-21-15(18-12)13-6-3-7-20-13/h2-8H,1H3,(H,17,19). The van der Waals surface area contributed by atoms with Gasteiger partial charge in [0, 0.05) is 16.1 Å². The molecule has 1 N–H and O–H groups in total. The molecular formula is C15H11ClN2OS2. The number of nitrogens with one attached hydrogen (secondary N) is 1.